The van der Waals surface area contributed by atoms with Crippen molar-refractivity contribution >= 4 is 17.6 Å². The van der Waals surface area contributed by atoms with Gasteiger partial charge in [0.05, 0.1) is 0 Å². The minimum Gasteiger partial charge on any atom is -0.487 e. The lowest BCUT2D eigenvalue weighted by Crippen LogP contribution is -2.52. The lowest BCUT2D eigenvalue weighted by atomic mass is 9.76. The van der Waals surface area contributed by atoms with Crippen molar-refractivity contribution in [2.45, 2.75) is 51.0 Å². The van der Waals surface area contributed by atoms with Gasteiger partial charge < -0.3 is 20.3 Å². The van der Waals surface area contributed by atoms with Gasteiger partial charge in [0.1, 0.15) is 11.4 Å². The fourth-order valence-electron chi connectivity index (χ4n) is 4.69. The summed E-state index contributed by atoms with van der Waals surface area (Å²) in [7, 11) is 0. The Morgan fingerprint density at radius 3 is 2.47 bits per heavy atom. The Labute approximate surface area is 190 Å². The normalized spacial score (nSPS) is 19.2. The van der Waals surface area contributed by atoms with E-state index in [0.717, 1.165) is 36.3 Å². The van der Waals surface area contributed by atoms with Crippen LogP contribution in [0.5, 0.6) is 5.75 Å². The van der Waals surface area contributed by atoms with Gasteiger partial charge in [-0.1, -0.05) is 50.2 Å². The van der Waals surface area contributed by atoms with Crippen LogP contribution >= 0.6 is 0 Å². The smallest absolute Gasteiger partial charge is 0.321 e. The molecule has 6 heteroatoms. The second-order valence-electron chi connectivity index (χ2n) is 9.41. The van der Waals surface area contributed by atoms with Crippen LogP contribution < -0.4 is 15.4 Å². The van der Waals surface area contributed by atoms with Crippen molar-refractivity contribution in [3.05, 3.63) is 60.2 Å². The summed E-state index contributed by atoms with van der Waals surface area (Å²) in [4.78, 5) is 27.1. The zero-order valence-corrected chi connectivity index (χ0v) is 19.0. The van der Waals surface area contributed by atoms with Gasteiger partial charge in [-0.2, -0.15) is 0 Å². The van der Waals surface area contributed by atoms with Crippen molar-refractivity contribution in [3.63, 3.8) is 0 Å². The molecule has 1 atom stereocenters. The molecule has 4 rings (SSSR count). The second-order valence-corrected chi connectivity index (χ2v) is 9.41. The highest BCUT2D eigenvalue weighted by Gasteiger charge is 2.44. The van der Waals surface area contributed by atoms with E-state index in [2.05, 4.69) is 30.5 Å². The number of nitrogens with zero attached hydrogens (tertiary/aromatic N) is 1. The summed E-state index contributed by atoms with van der Waals surface area (Å²) in [6, 6.07) is 17.5. The van der Waals surface area contributed by atoms with Gasteiger partial charge in [0.25, 0.3) is 0 Å². The van der Waals surface area contributed by atoms with Gasteiger partial charge in [0.15, 0.2) is 0 Å². The Morgan fingerprint density at radius 2 is 1.75 bits per heavy atom. The summed E-state index contributed by atoms with van der Waals surface area (Å²) in [5.41, 5.74) is 1.58. The number of rotatable bonds is 5. The molecule has 2 aliphatic heterocycles. The van der Waals surface area contributed by atoms with Gasteiger partial charge in [0, 0.05) is 50.5 Å². The van der Waals surface area contributed by atoms with Gasteiger partial charge in [-0.15, -0.1) is 0 Å². The Hall–Kier alpha value is -3.02. The van der Waals surface area contributed by atoms with E-state index in [4.69, 9.17) is 4.74 Å². The molecule has 2 aliphatic rings. The summed E-state index contributed by atoms with van der Waals surface area (Å²) < 4.78 is 6.53. The monoisotopic (exact) mass is 435 g/mol. The van der Waals surface area contributed by atoms with Gasteiger partial charge in [-0.25, -0.2) is 4.79 Å². The lowest BCUT2D eigenvalue weighted by molar-refractivity contribution is -0.122. The summed E-state index contributed by atoms with van der Waals surface area (Å²) in [5.74, 6) is 1.52. The van der Waals surface area contributed by atoms with E-state index in [-0.39, 0.29) is 23.5 Å². The third kappa shape index (κ3) is 5.23. The van der Waals surface area contributed by atoms with Crippen LogP contribution in [0.2, 0.25) is 0 Å². The Kier molecular flexibility index (Phi) is 6.68. The minimum absolute atomic E-state index is 0.0770. The number of carbonyl (C=O) groups is 2. The highest BCUT2D eigenvalue weighted by Crippen LogP contribution is 2.46. The van der Waals surface area contributed by atoms with Crippen LogP contribution in [0, 0.1) is 5.92 Å². The summed E-state index contributed by atoms with van der Waals surface area (Å²) in [5, 5.41) is 6.03. The standard InChI is InChI=1S/C26H33N3O3/c1-19(2)18-27-24(30)16-20-17-26(32-23-11-7-6-10-22(20)23)12-14-29(15-13-26)25(31)28-21-8-4-3-5-9-21/h3-11,19-20H,12-18H2,1-2H3,(H,27,30)(H,28,31)/t20-/m0/s1. The number of hydrogen-bond acceptors (Lipinski definition) is 3. The first kappa shape index (κ1) is 22.2. The molecule has 3 amide bonds. The molecule has 0 unspecified atom stereocenters. The van der Waals surface area contributed by atoms with E-state index in [9.17, 15) is 9.59 Å². The maximum atomic E-state index is 12.7. The van der Waals surface area contributed by atoms with Crippen molar-refractivity contribution in [1.82, 2.24) is 10.2 Å². The third-order valence-corrected chi connectivity index (χ3v) is 6.43. The van der Waals surface area contributed by atoms with Crippen LogP contribution in [-0.2, 0) is 4.79 Å². The number of benzene rings is 2. The Balaban J connectivity index is 1.41. The van der Waals surface area contributed by atoms with Crippen molar-refractivity contribution in [3.8, 4) is 5.75 Å². The first-order valence-electron chi connectivity index (χ1n) is 11.6. The third-order valence-electron chi connectivity index (χ3n) is 6.43. The number of urea groups is 1. The maximum Gasteiger partial charge on any atom is 0.321 e. The number of nitrogens with one attached hydrogen (secondary N) is 2. The van der Waals surface area contributed by atoms with E-state index in [1.807, 2.05) is 53.4 Å². The molecule has 0 aliphatic carbocycles. The molecule has 1 spiro atoms. The molecule has 2 aromatic rings. The van der Waals surface area contributed by atoms with Gasteiger partial charge in [-0.3, -0.25) is 4.79 Å². The molecule has 2 N–H and O–H groups in total. The lowest BCUT2D eigenvalue weighted by Gasteiger charge is -2.46. The summed E-state index contributed by atoms with van der Waals surface area (Å²) in [6.07, 6.45) is 2.78. The highest BCUT2D eigenvalue weighted by atomic mass is 16.5. The first-order chi connectivity index (χ1) is 15.4. The fourth-order valence-corrected chi connectivity index (χ4v) is 4.69. The number of likely N-dealkylation sites (tertiary alicyclic amines) is 1. The van der Waals surface area contributed by atoms with Gasteiger partial charge in [0.2, 0.25) is 5.91 Å². The molecule has 2 aromatic carbocycles. The minimum atomic E-state index is -0.332. The Bertz CT molecular complexity index is 936. The zero-order valence-electron chi connectivity index (χ0n) is 19.0. The largest absolute Gasteiger partial charge is 0.487 e. The SMILES string of the molecule is CC(C)CNC(=O)C[C@H]1CC2(CCN(C(=O)Nc3ccccc3)CC2)Oc2ccccc21. The quantitative estimate of drug-likeness (QED) is 0.710. The first-order valence-corrected chi connectivity index (χ1v) is 11.6. The average molecular weight is 436 g/mol. The predicted octanol–water partition coefficient (Wildman–Crippen LogP) is 4.78. The molecule has 6 nitrogen and oxygen atoms in total. The van der Waals surface area contributed by atoms with Gasteiger partial charge in [-0.05, 0) is 36.1 Å². The molecular weight excluding hydrogens is 402 g/mol. The average Bonchev–Trinajstić information content (AvgIpc) is 2.79. The van der Waals surface area contributed by atoms with Crippen LogP contribution in [-0.4, -0.2) is 42.1 Å². The molecule has 0 aromatic heterocycles. The fraction of sp³-hybridized carbons (Fsp3) is 0.462. The highest BCUT2D eigenvalue weighted by molar-refractivity contribution is 5.89. The zero-order chi connectivity index (χ0) is 22.6. The number of ether oxygens (including phenoxy) is 1. The van der Waals surface area contributed by atoms with Crippen LogP contribution in [0.3, 0.4) is 0 Å². The number of para-hydroxylation sites is 2. The molecule has 1 fully saturated rings. The van der Waals surface area contributed by atoms with E-state index in [1.165, 1.54) is 0 Å². The molecule has 32 heavy (non-hydrogen) atoms. The number of fused-ring (bicyclic) bond motifs is 1. The topological polar surface area (TPSA) is 70.7 Å². The second kappa shape index (κ2) is 9.63. The van der Waals surface area contributed by atoms with Crippen molar-refractivity contribution in [2.24, 2.45) is 5.92 Å². The molecule has 0 saturated carbocycles. The molecule has 2 heterocycles. The predicted molar refractivity (Wildman–Crippen MR) is 126 cm³/mol. The molecule has 0 radical (unpaired) electrons. The van der Waals surface area contributed by atoms with Crippen molar-refractivity contribution in [2.75, 3.05) is 25.0 Å². The summed E-state index contributed by atoms with van der Waals surface area (Å²) in [6.45, 7) is 6.15. The number of hydrogen-bond donors (Lipinski definition) is 2. The van der Waals surface area contributed by atoms with Crippen LogP contribution in [0.1, 0.15) is 51.0 Å². The van der Waals surface area contributed by atoms with Crippen LogP contribution in [0.25, 0.3) is 0 Å². The molecule has 1 saturated heterocycles. The number of piperidine rings is 1. The van der Waals surface area contributed by atoms with E-state index < -0.39 is 0 Å². The number of carbonyl (C=O) groups excluding carboxylic acids is 2. The Morgan fingerprint density at radius 1 is 1.06 bits per heavy atom. The number of anilines is 1. The van der Waals surface area contributed by atoms with Crippen LogP contribution in [0.4, 0.5) is 10.5 Å². The molecular formula is C26H33N3O3. The van der Waals surface area contributed by atoms with E-state index in [0.29, 0.717) is 32.0 Å². The van der Waals surface area contributed by atoms with Gasteiger partial charge >= 0.3 is 6.03 Å². The van der Waals surface area contributed by atoms with E-state index >= 15 is 0 Å². The molecule has 0 bridgehead atoms. The molecule has 170 valence electrons. The van der Waals surface area contributed by atoms with E-state index in [1.54, 1.807) is 0 Å². The van der Waals surface area contributed by atoms with Crippen molar-refractivity contribution < 1.29 is 14.3 Å². The van der Waals surface area contributed by atoms with Crippen LogP contribution in [0.15, 0.2) is 54.6 Å². The summed E-state index contributed by atoms with van der Waals surface area (Å²) >= 11 is 0. The van der Waals surface area contributed by atoms with Crippen molar-refractivity contribution in [1.29, 1.82) is 0 Å². The maximum absolute atomic E-state index is 12.7. The number of amides is 3.